The molecule has 0 aliphatic carbocycles. The molecule has 2 N–H and O–H groups in total. The zero-order valence-corrected chi connectivity index (χ0v) is 12.7. The first-order chi connectivity index (χ1) is 7.59. The third kappa shape index (κ3) is 5.43. The first kappa shape index (κ1) is 14.2. The lowest BCUT2D eigenvalue weighted by molar-refractivity contribution is 0.536. The second kappa shape index (κ2) is 7.43. The molecule has 0 bridgehead atoms. The van der Waals surface area contributed by atoms with Gasteiger partial charge in [-0.1, -0.05) is 13.8 Å². The molecule has 1 aromatic heterocycles. The van der Waals surface area contributed by atoms with Gasteiger partial charge in [-0.25, -0.2) is 0 Å². The molecule has 1 aromatic rings. The van der Waals surface area contributed by atoms with Crippen LogP contribution in [0, 0.1) is 12.8 Å². The predicted molar refractivity (Wildman–Crippen MR) is 76.2 cm³/mol. The molecule has 0 saturated carbocycles. The fourth-order valence-corrected chi connectivity index (χ4v) is 2.99. The van der Waals surface area contributed by atoms with E-state index in [4.69, 9.17) is 0 Å². The first-order valence-electron chi connectivity index (χ1n) is 5.76. The van der Waals surface area contributed by atoms with E-state index in [0.29, 0.717) is 0 Å². The Balaban J connectivity index is 2.07. The van der Waals surface area contributed by atoms with Gasteiger partial charge in [0.05, 0.1) is 3.79 Å². The van der Waals surface area contributed by atoms with Gasteiger partial charge in [-0.15, -0.1) is 11.3 Å². The zero-order chi connectivity index (χ0) is 12.0. The topological polar surface area (TPSA) is 24.1 Å². The summed E-state index contributed by atoms with van der Waals surface area (Å²) in [7, 11) is 0. The van der Waals surface area contributed by atoms with Crippen LogP contribution in [0.15, 0.2) is 9.85 Å². The van der Waals surface area contributed by atoms with Gasteiger partial charge in [-0.3, -0.25) is 0 Å². The van der Waals surface area contributed by atoms with Crippen LogP contribution >= 0.6 is 27.3 Å². The molecule has 0 amide bonds. The van der Waals surface area contributed by atoms with E-state index in [1.54, 1.807) is 0 Å². The predicted octanol–water partition coefficient (Wildman–Crippen LogP) is 3.15. The summed E-state index contributed by atoms with van der Waals surface area (Å²) in [5, 5.41) is 6.86. The normalized spacial score (nSPS) is 11.3. The van der Waals surface area contributed by atoms with Crippen molar-refractivity contribution in [1.29, 1.82) is 0 Å². The van der Waals surface area contributed by atoms with Gasteiger partial charge in [0.15, 0.2) is 0 Å². The minimum Gasteiger partial charge on any atom is -0.315 e. The van der Waals surface area contributed by atoms with Crippen LogP contribution in [0.1, 0.15) is 24.3 Å². The second-order valence-electron chi connectivity index (χ2n) is 4.44. The van der Waals surface area contributed by atoms with E-state index in [-0.39, 0.29) is 0 Å². The highest BCUT2D eigenvalue weighted by Crippen LogP contribution is 2.26. The maximum atomic E-state index is 3.54. The van der Waals surface area contributed by atoms with Crippen molar-refractivity contribution in [3.63, 3.8) is 0 Å². The highest BCUT2D eigenvalue weighted by Gasteiger charge is 2.01. The maximum absolute atomic E-state index is 3.54. The van der Waals surface area contributed by atoms with Crippen molar-refractivity contribution < 1.29 is 0 Å². The Hall–Kier alpha value is 0.100. The Kier molecular flexibility index (Phi) is 6.58. The molecule has 0 aromatic carbocycles. The summed E-state index contributed by atoms with van der Waals surface area (Å²) in [6, 6.07) is 2.24. The fourth-order valence-electron chi connectivity index (χ4n) is 1.39. The summed E-state index contributed by atoms with van der Waals surface area (Å²) in [5.74, 6) is 0.732. The average Bonchev–Trinajstić information content (AvgIpc) is 2.52. The van der Waals surface area contributed by atoms with Gasteiger partial charge in [0.1, 0.15) is 0 Å². The molecule has 0 atom stereocenters. The van der Waals surface area contributed by atoms with Crippen LogP contribution in [-0.2, 0) is 6.54 Å². The summed E-state index contributed by atoms with van der Waals surface area (Å²) in [6.07, 6.45) is 0. The summed E-state index contributed by atoms with van der Waals surface area (Å²) in [5.41, 5.74) is 1.33. The van der Waals surface area contributed by atoms with Gasteiger partial charge in [-0.2, -0.15) is 0 Å². The number of aryl methyl sites for hydroxylation is 1. The van der Waals surface area contributed by atoms with Crippen molar-refractivity contribution in [1.82, 2.24) is 10.6 Å². The molecule has 0 spiro atoms. The summed E-state index contributed by atoms with van der Waals surface area (Å²) in [6.45, 7) is 10.7. The molecule has 0 aliphatic heterocycles. The van der Waals surface area contributed by atoms with Crippen molar-refractivity contribution in [2.75, 3.05) is 19.6 Å². The molecule has 0 unspecified atom stereocenters. The van der Waals surface area contributed by atoms with Crippen LogP contribution < -0.4 is 10.6 Å². The zero-order valence-electron chi connectivity index (χ0n) is 10.3. The van der Waals surface area contributed by atoms with Crippen molar-refractivity contribution in [3.05, 3.63) is 20.3 Å². The Morgan fingerprint density at radius 3 is 2.56 bits per heavy atom. The van der Waals surface area contributed by atoms with E-state index in [9.17, 15) is 0 Å². The third-order valence-electron chi connectivity index (χ3n) is 2.24. The number of nitrogens with one attached hydrogen (secondary N) is 2. The average molecular weight is 305 g/mol. The van der Waals surface area contributed by atoms with Crippen LogP contribution in [0.3, 0.4) is 0 Å². The summed E-state index contributed by atoms with van der Waals surface area (Å²) >= 11 is 5.36. The van der Waals surface area contributed by atoms with Gasteiger partial charge >= 0.3 is 0 Å². The van der Waals surface area contributed by atoms with Gasteiger partial charge in [0.25, 0.3) is 0 Å². The molecule has 4 heteroatoms. The molecule has 92 valence electrons. The van der Waals surface area contributed by atoms with Crippen molar-refractivity contribution in [2.24, 2.45) is 5.92 Å². The number of thiophene rings is 1. The molecule has 0 aliphatic rings. The Labute approximate surface area is 111 Å². The SMILES string of the molecule is Cc1cc(CNCCNCC(C)C)sc1Br. The maximum Gasteiger partial charge on any atom is 0.0730 e. The molecular formula is C12H21BrN2S. The van der Waals surface area contributed by atoms with Gasteiger partial charge in [0.2, 0.25) is 0 Å². The fraction of sp³-hybridized carbons (Fsp3) is 0.667. The van der Waals surface area contributed by atoms with E-state index in [0.717, 1.165) is 32.1 Å². The largest absolute Gasteiger partial charge is 0.315 e. The van der Waals surface area contributed by atoms with Crippen molar-refractivity contribution in [3.8, 4) is 0 Å². The van der Waals surface area contributed by atoms with E-state index >= 15 is 0 Å². The van der Waals surface area contributed by atoms with E-state index in [1.807, 2.05) is 11.3 Å². The number of hydrogen-bond acceptors (Lipinski definition) is 3. The van der Waals surface area contributed by atoms with Crippen molar-refractivity contribution >= 4 is 27.3 Å². The Morgan fingerprint density at radius 1 is 1.31 bits per heavy atom. The smallest absolute Gasteiger partial charge is 0.0730 e. The van der Waals surface area contributed by atoms with Crippen LogP contribution in [0.2, 0.25) is 0 Å². The lowest BCUT2D eigenvalue weighted by atomic mass is 10.2. The Bertz CT molecular complexity index is 290. The molecule has 1 rings (SSSR count). The third-order valence-corrected chi connectivity index (χ3v) is 4.38. The van der Waals surface area contributed by atoms with Gasteiger partial charge in [0, 0.05) is 24.5 Å². The number of halogens is 1. The molecular weight excluding hydrogens is 284 g/mol. The highest BCUT2D eigenvalue weighted by atomic mass is 79.9. The first-order valence-corrected chi connectivity index (χ1v) is 7.36. The van der Waals surface area contributed by atoms with E-state index in [1.165, 1.54) is 14.2 Å². The van der Waals surface area contributed by atoms with E-state index < -0.39 is 0 Å². The van der Waals surface area contributed by atoms with Gasteiger partial charge < -0.3 is 10.6 Å². The molecule has 16 heavy (non-hydrogen) atoms. The standard InChI is InChI=1S/C12H21BrN2S/c1-9(2)7-14-4-5-15-8-11-6-10(3)12(13)16-11/h6,9,14-15H,4-5,7-8H2,1-3H3. The Morgan fingerprint density at radius 2 is 2.00 bits per heavy atom. The molecule has 0 radical (unpaired) electrons. The van der Waals surface area contributed by atoms with Crippen LogP contribution in [0.25, 0.3) is 0 Å². The van der Waals surface area contributed by atoms with Gasteiger partial charge in [-0.05, 0) is 46.9 Å². The minimum absolute atomic E-state index is 0.732. The van der Waals surface area contributed by atoms with Crippen LogP contribution in [-0.4, -0.2) is 19.6 Å². The van der Waals surface area contributed by atoms with Crippen LogP contribution in [0.4, 0.5) is 0 Å². The summed E-state index contributed by atoms with van der Waals surface area (Å²) < 4.78 is 1.25. The van der Waals surface area contributed by atoms with Crippen molar-refractivity contribution in [2.45, 2.75) is 27.3 Å². The highest BCUT2D eigenvalue weighted by molar-refractivity contribution is 9.11. The number of hydrogen-bond donors (Lipinski definition) is 2. The quantitative estimate of drug-likeness (QED) is 0.756. The molecule has 2 nitrogen and oxygen atoms in total. The van der Waals surface area contributed by atoms with Crippen LogP contribution in [0.5, 0.6) is 0 Å². The lowest BCUT2D eigenvalue weighted by Gasteiger charge is -2.07. The second-order valence-corrected chi connectivity index (χ2v) is 6.90. The minimum atomic E-state index is 0.732. The molecule has 1 heterocycles. The lowest BCUT2D eigenvalue weighted by Crippen LogP contribution is -2.29. The summed E-state index contributed by atoms with van der Waals surface area (Å²) in [4.78, 5) is 1.40. The van der Waals surface area contributed by atoms with E-state index in [2.05, 4.69) is 53.4 Å². The monoisotopic (exact) mass is 304 g/mol. The molecule has 0 fully saturated rings. The molecule has 0 saturated heterocycles. The number of rotatable bonds is 7.